The van der Waals surface area contributed by atoms with Gasteiger partial charge in [0.1, 0.15) is 0 Å². The van der Waals surface area contributed by atoms with E-state index in [0.29, 0.717) is 13.2 Å². The summed E-state index contributed by atoms with van der Waals surface area (Å²) in [5.74, 6) is 0.268. The van der Waals surface area contributed by atoms with Crippen LogP contribution in [-0.2, 0) is 4.74 Å². The Kier molecular flexibility index (Phi) is 2.65. The lowest BCUT2D eigenvalue weighted by atomic mass is 9.95. The molecule has 1 atom stereocenters. The highest BCUT2D eigenvalue weighted by Crippen LogP contribution is 2.21. The zero-order valence-electron chi connectivity index (χ0n) is 9.56. The number of Topliss-reactive ketones (excluding diaryl/α,β-unsaturated/α-hetero) is 1. The molecular formula is C15H14O2. The Morgan fingerprint density at radius 2 is 1.94 bits per heavy atom. The Balaban J connectivity index is 1.97. The fraction of sp³-hybridized carbons (Fsp3) is 0.267. The number of fused-ring (bicyclic) bond motifs is 1. The van der Waals surface area contributed by atoms with E-state index in [0.717, 1.165) is 17.4 Å². The smallest absolute Gasteiger partial charge is 0.168 e. The van der Waals surface area contributed by atoms with Crippen LogP contribution in [0.25, 0.3) is 10.8 Å². The first kappa shape index (κ1) is 10.5. The SMILES string of the molecule is O=C(c1ccc2ccccc2c1)C1CCOC1. The van der Waals surface area contributed by atoms with Crippen LogP contribution >= 0.6 is 0 Å². The Hall–Kier alpha value is -1.67. The maximum atomic E-state index is 12.2. The average molecular weight is 226 g/mol. The van der Waals surface area contributed by atoms with Crippen molar-refractivity contribution in [3.05, 3.63) is 48.0 Å². The molecule has 0 aromatic heterocycles. The van der Waals surface area contributed by atoms with Gasteiger partial charge in [-0.2, -0.15) is 0 Å². The summed E-state index contributed by atoms with van der Waals surface area (Å²) in [5.41, 5.74) is 0.805. The average Bonchev–Trinajstić information content (AvgIpc) is 2.91. The van der Waals surface area contributed by atoms with E-state index in [1.807, 2.05) is 36.4 Å². The van der Waals surface area contributed by atoms with Crippen LogP contribution in [0.2, 0.25) is 0 Å². The van der Waals surface area contributed by atoms with Gasteiger partial charge in [0.15, 0.2) is 5.78 Å². The van der Waals surface area contributed by atoms with Gasteiger partial charge in [0.25, 0.3) is 0 Å². The molecule has 1 heterocycles. The number of hydrogen-bond donors (Lipinski definition) is 0. The second-order valence-corrected chi connectivity index (χ2v) is 4.49. The molecule has 1 unspecified atom stereocenters. The summed E-state index contributed by atoms with van der Waals surface area (Å²) in [7, 11) is 0. The van der Waals surface area contributed by atoms with Crippen LogP contribution in [0.4, 0.5) is 0 Å². The van der Waals surface area contributed by atoms with Crippen molar-refractivity contribution in [1.29, 1.82) is 0 Å². The standard InChI is InChI=1S/C15H14O2/c16-15(14-7-8-17-10-14)13-6-5-11-3-1-2-4-12(11)9-13/h1-6,9,14H,7-8,10H2. The first-order chi connectivity index (χ1) is 8.34. The van der Waals surface area contributed by atoms with Crippen molar-refractivity contribution in [3.8, 4) is 0 Å². The molecule has 0 amide bonds. The molecular weight excluding hydrogens is 212 g/mol. The van der Waals surface area contributed by atoms with E-state index < -0.39 is 0 Å². The van der Waals surface area contributed by atoms with Crippen LogP contribution in [0.15, 0.2) is 42.5 Å². The molecule has 0 bridgehead atoms. The normalized spacial score (nSPS) is 19.6. The van der Waals surface area contributed by atoms with Gasteiger partial charge in [-0.05, 0) is 23.3 Å². The Labute approximate surface area is 100 Å². The largest absolute Gasteiger partial charge is 0.381 e. The monoisotopic (exact) mass is 226 g/mol. The van der Waals surface area contributed by atoms with E-state index in [4.69, 9.17) is 4.74 Å². The van der Waals surface area contributed by atoms with Crippen LogP contribution in [0, 0.1) is 5.92 Å². The third-order valence-corrected chi connectivity index (χ3v) is 3.33. The number of benzene rings is 2. The predicted octanol–water partition coefficient (Wildman–Crippen LogP) is 3.06. The van der Waals surface area contributed by atoms with Crippen molar-refractivity contribution < 1.29 is 9.53 Å². The summed E-state index contributed by atoms with van der Waals surface area (Å²) < 4.78 is 5.27. The molecule has 2 heteroatoms. The molecule has 2 nitrogen and oxygen atoms in total. The van der Waals surface area contributed by atoms with Gasteiger partial charge in [-0.1, -0.05) is 36.4 Å². The van der Waals surface area contributed by atoms with Crippen molar-refractivity contribution in [2.24, 2.45) is 5.92 Å². The van der Waals surface area contributed by atoms with Crippen LogP contribution in [-0.4, -0.2) is 19.0 Å². The molecule has 0 spiro atoms. The topological polar surface area (TPSA) is 26.3 Å². The summed E-state index contributed by atoms with van der Waals surface area (Å²) in [4.78, 5) is 12.2. The first-order valence-corrected chi connectivity index (χ1v) is 5.95. The minimum absolute atomic E-state index is 0.0520. The van der Waals surface area contributed by atoms with E-state index in [2.05, 4.69) is 6.07 Å². The molecule has 86 valence electrons. The molecule has 1 aliphatic rings. The van der Waals surface area contributed by atoms with Crippen LogP contribution in [0.5, 0.6) is 0 Å². The highest BCUT2D eigenvalue weighted by atomic mass is 16.5. The van der Waals surface area contributed by atoms with Crippen molar-refractivity contribution in [2.45, 2.75) is 6.42 Å². The van der Waals surface area contributed by atoms with Gasteiger partial charge >= 0.3 is 0 Å². The number of carbonyl (C=O) groups is 1. The molecule has 0 radical (unpaired) electrons. The summed E-state index contributed by atoms with van der Waals surface area (Å²) >= 11 is 0. The molecule has 3 rings (SSSR count). The molecule has 0 N–H and O–H groups in total. The lowest BCUT2D eigenvalue weighted by Gasteiger charge is -2.07. The Morgan fingerprint density at radius 3 is 2.71 bits per heavy atom. The fourth-order valence-electron chi connectivity index (χ4n) is 2.32. The quantitative estimate of drug-likeness (QED) is 0.736. The van der Waals surface area contributed by atoms with Gasteiger partial charge in [-0.25, -0.2) is 0 Å². The van der Waals surface area contributed by atoms with E-state index in [-0.39, 0.29) is 11.7 Å². The van der Waals surface area contributed by atoms with E-state index in [1.54, 1.807) is 0 Å². The van der Waals surface area contributed by atoms with E-state index in [9.17, 15) is 4.79 Å². The molecule has 1 fully saturated rings. The fourth-order valence-corrected chi connectivity index (χ4v) is 2.32. The molecule has 2 aromatic rings. The molecule has 2 aromatic carbocycles. The van der Waals surface area contributed by atoms with Gasteiger partial charge in [0.2, 0.25) is 0 Å². The Morgan fingerprint density at radius 1 is 1.12 bits per heavy atom. The van der Waals surface area contributed by atoms with Gasteiger partial charge in [0.05, 0.1) is 6.61 Å². The maximum absolute atomic E-state index is 12.2. The molecule has 0 aliphatic carbocycles. The van der Waals surface area contributed by atoms with Crippen LogP contribution in [0.1, 0.15) is 16.8 Å². The number of ether oxygens (including phenoxy) is 1. The van der Waals surface area contributed by atoms with E-state index >= 15 is 0 Å². The summed E-state index contributed by atoms with van der Waals surface area (Å²) in [5, 5.41) is 2.30. The van der Waals surface area contributed by atoms with Gasteiger partial charge in [-0.3, -0.25) is 4.79 Å². The summed E-state index contributed by atoms with van der Waals surface area (Å²) in [6, 6.07) is 14.0. The third-order valence-electron chi connectivity index (χ3n) is 3.33. The van der Waals surface area contributed by atoms with Crippen molar-refractivity contribution in [2.75, 3.05) is 13.2 Å². The summed E-state index contributed by atoms with van der Waals surface area (Å²) in [6.07, 6.45) is 0.853. The first-order valence-electron chi connectivity index (χ1n) is 5.95. The highest BCUT2D eigenvalue weighted by Gasteiger charge is 2.24. The number of carbonyl (C=O) groups excluding carboxylic acids is 1. The maximum Gasteiger partial charge on any atom is 0.168 e. The van der Waals surface area contributed by atoms with Crippen LogP contribution in [0.3, 0.4) is 0 Å². The second kappa shape index (κ2) is 4.30. The van der Waals surface area contributed by atoms with E-state index in [1.165, 1.54) is 5.39 Å². The van der Waals surface area contributed by atoms with Gasteiger partial charge in [-0.15, -0.1) is 0 Å². The molecule has 1 saturated heterocycles. The minimum atomic E-state index is 0.0520. The highest BCUT2D eigenvalue weighted by molar-refractivity contribution is 6.01. The lowest BCUT2D eigenvalue weighted by Crippen LogP contribution is -2.14. The Bertz CT molecular complexity index is 554. The molecule has 0 saturated carbocycles. The third kappa shape index (κ3) is 1.96. The molecule has 17 heavy (non-hydrogen) atoms. The van der Waals surface area contributed by atoms with Crippen molar-refractivity contribution in [3.63, 3.8) is 0 Å². The lowest BCUT2D eigenvalue weighted by molar-refractivity contribution is 0.0900. The van der Waals surface area contributed by atoms with Gasteiger partial charge in [0, 0.05) is 18.1 Å². The zero-order valence-corrected chi connectivity index (χ0v) is 9.56. The van der Waals surface area contributed by atoms with Crippen LogP contribution < -0.4 is 0 Å². The number of ketones is 1. The second-order valence-electron chi connectivity index (χ2n) is 4.49. The van der Waals surface area contributed by atoms with Crippen molar-refractivity contribution >= 4 is 16.6 Å². The number of hydrogen-bond acceptors (Lipinski definition) is 2. The zero-order chi connectivity index (χ0) is 11.7. The summed E-state index contributed by atoms with van der Waals surface area (Å²) in [6.45, 7) is 1.29. The minimum Gasteiger partial charge on any atom is -0.381 e. The predicted molar refractivity (Wildman–Crippen MR) is 67.2 cm³/mol. The van der Waals surface area contributed by atoms with Gasteiger partial charge < -0.3 is 4.74 Å². The number of rotatable bonds is 2. The molecule has 1 aliphatic heterocycles. The van der Waals surface area contributed by atoms with Crippen molar-refractivity contribution in [1.82, 2.24) is 0 Å².